The summed E-state index contributed by atoms with van der Waals surface area (Å²) in [6, 6.07) is 3.71. The molecule has 1 saturated heterocycles. The highest BCUT2D eigenvalue weighted by molar-refractivity contribution is 9.09. The van der Waals surface area contributed by atoms with Crippen molar-refractivity contribution in [3.8, 4) is 0 Å². The SMILES string of the molecule is BrC1COCCN1N=Cc1ccco1. The van der Waals surface area contributed by atoms with Crippen molar-refractivity contribution in [3.63, 3.8) is 0 Å². The first kappa shape index (κ1) is 9.73. The normalized spacial score (nSPS) is 23.2. The van der Waals surface area contributed by atoms with E-state index >= 15 is 0 Å². The topological polar surface area (TPSA) is 38.0 Å². The third-order valence-corrected chi connectivity index (χ3v) is 2.66. The molecule has 5 heteroatoms. The number of furan rings is 1. The molecule has 1 aromatic heterocycles. The van der Waals surface area contributed by atoms with Crippen molar-refractivity contribution in [2.45, 2.75) is 4.95 Å². The molecule has 0 amide bonds. The fourth-order valence-corrected chi connectivity index (χ4v) is 1.69. The lowest BCUT2D eigenvalue weighted by Crippen LogP contribution is -2.38. The minimum Gasteiger partial charge on any atom is -0.463 e. The molecule has 0 saturated carbocycles. The highest BCUT2D eigenvalue weighted by atomic mass is 79.9. The van der Waals surface area contributed by atoms with E-state index in [0.29, 0.717) is 6.61 Å². The molecule has 76 valence electrons. The van der Waals surface area contributed by atoms with Crippen molar-refractivity contribution in [2.24, 2.45) is 5.10 Å². The van der Waals surface area contributed by atoms with Gasteiger partial charge in [-0.25, -0.2) is 0 Å². The zero-order valence-corrected chi connectivity index (χ0v) is 9.18. The lowest BCUT2D eigenvalue weighted by atomic mass is 10.5. The van der Waals surface area contributed by atoms with Gasteiger partial charge in [0.05, 0.1) is 32.2 Å². The molecule has 1 aliphatic heterocycles. The molecule has 0 spiro atoms. The monoisotopic (exact) mass is 258 g/mol. The standard InChI is InChI=1S/C9H11BrN2O2/c10-9-7-13-5-3-12(9)11-6-8-2-1-4-14-8/h1-2,4,6,9H,3,5,7H2. The third kappa shape index (κ3) is 2.36. The summed E-state index contributed by atoms with van der Waals surface area (Å²) in [7, 11) is 0. The largest absolute Gasteiger partial charge is 0.463 e. The number of morpholine rings is 1. The van der Waals surface area contributed by atoms with E-state index in [4.69, 9.17) is 9.15 Å². The summed E-state index contributed by atoms with van der Waals surface area (Å²) in [5.41, 5.74) is 0. The molecule has 0 aliphatic carbocycles. The molecule has 1 aliphatic rings. The number of alkyl halides is 1. The Morgan fingerprint density at radius 3 is 3.29 bits per heavy atom. The van der Waals surface area contributed by atoms with Gasteiger partial charge in [0, 0.05) is 0 Å². The van der Waals surface area contributed by atoms with E-state index in [9.17, 15) is 0 Å². The predicted octanol–water partition coefficient (Wildman–Crippen LogP) is 1.67. The molecule has 4 nitrogen and oxygen atoms in total. The Balaban J connectivity index is 1.95. The maximum atomic E-state index is 5.26. The van der Waals surface area contributed by atoms with Crippen LogP contribution in [0.15, 0.2) is 27.9 Å². The summed E-state index contributed by atoms with van der Waals surface area (Å²) in [6.45, 7) is 2.18. The summed E-state index contributed by atoms with van der Waals surface area (Å²) in [5.74, 6) is 0.760. The van der Waals surface area contributed by atoms with Crippen LogP contribution in [0.4, 0.5) is 0 Å². The average Bonchev–Trinajstić information content (AvgIpc) is 2.69. The molecular weight excluding hydrogens is 248 g/mol. The van der Waals surface area contributed by atoms with Gasteiger partial charge in [-0.2, -0.15) is 5.10 Å². The van der Waals surface area contributed by atoms with Crippen molar-refractivity contribution >= 4 is 22.1 Å². The molecule has 0 aromatic carbocycles. The molecular formula is C9H11BrN2O2. The Morgan fingerprint density at radius 2 is 2.57 bits per heavy atom. The highest BCUT2D eigenvalue weighted by Gasteiger charge is 2.17. The van der Waals surface area contributed by atoms with Crippen molar-refractivity contribution in [2.75, 3.05) is 19.8 Å². The fourth-order valence-electron chi connectivity index (χ4n) is 1.19. The maximum absolute atomic E-state index is 5.26. The Bertz CT molecular complexity index is 300. The van der Waals surface area contributed by atoms with Crippen LogP contribution in [0.1, 0.15) is 5.76 Å². The zero-order chi connectivity index (χ0) is 9.80. The smallest absolute Gasteiger partial charge is 0.146 e. The molecule has 2 rings (SSSR count). The van der Waals surface area contributed by atoms with Crippen LogP contribution >= 0.6 is 15.9 Å². The second kappa shape index (κ2) is 4.61. The highest BCUT2D eigenvalue weighted by Crippen LogP contribution is 2.12. The van der Waals surface area contributed by atoms with E-state index in [1.54, 1.807) is 12.5 Å². The zero-order valence-electron chi connectivity index (χ0n) is 7.60. The minimum atomic E-state index is 0.155. The van der Waals surface area contributed by atoms with E-state index < -0.39 is 0 Å². The lowest BCUT2D eigenvalue weighted by Gasteiger charge is -2.28. The number of nitrogens with zero attached hydrogens (tertiary/aromatic N) is 2. The van der Waals surface area contributed by atoms with Gasteiger partial charge in [0.15, 0.2) is 0 Å². The van der Waals surface area contributed by atoms with E-state index in [1.807, 2.05) is 17.1 Å². The number of rotatable bonds is 2. The maximum Gasteiger partial charge on any atom is 0.146 e. The molecule has 14 heavy (non-hydrogen) atoms. The number of halogens is 1. The Kier molecular flexibility index (Phi) is 3.21. The number of hydrazone groups is 1. The van der Waals surface area contributed by atoms with Crippen molar-refractivity contribution in [3.05, 3.63) is 24.2 Å². The molecule has 1 atom stereocenters. The summed E-state index contributed by atoms with van der Waals surface area (Å²) in [4.78, 5) is 0.155. The molecule has 1 fully saturated rings. The lowest BCUT2D eigenvalue weighted by molar-refractivity contribution is 0.0289. The van der Waals surface area contributed by atoms with E-state index in [2.05, 4.69) is 21.0 Å². The van der Waals surface area contributed by atoms with Crippen LogP contribution in [0.5, 0.6) is 0 Å². The minimum absolute atomic E-state index is 0.155. The summed E-state index contributed by atoms with van der Waals surface area (Å²) >= 11 is 3.48. The second-order valence-corrected chi connectivity index (χ2v) is 3.99. The number of hydrogen-bond acceptors (Lipinski definition) is 4. The van der Waals surface area contributed by atoms with Gasteiger partial charge < -0.3 is 9.15 Å². The molecule has 0 N–H and O–H groups in total. The van der Waals surface area contributed by atoms with Crippen LogP contribution < -0.4 is 0 Å². The average molecular weight is 259 g/mol. The molecule has 1 aromatic rings. The van der Waals surface area contributed by atoms with Gasteiger partial charge in [-0.1, -0.05) is 15.9 Å². The Labute approximate surface area is 90.7 Å². The van der Waals surface area contributed by atoms with Gasteiger partial charge in [-0.15, -0.1) is 0 Å². The predicted molar refractivity (Wildman–Crippen MR) is 56.5 cm³/mol. The Morgan fingerprint density at radius 1 is 1.64 bits per heavy atom. The van der Waals surface area contributed by atoms with Crippen LogP contribution in [0, 0.1) is 0 Å². The van der Waals surface area contributed by atoms with Gasteiger partial charge in [0.1, 0.15) is 10.7 Å². The first-order valence-corrected chi connectivity index (χ1v) is 5.34. The molecule has 0 bridgehead atoms. The van der Waals surface area contributed by atoms with Crippen LogP contribution in [0.3, 0.4) is 0 Å². The quantitative estimate of drug-likeness (QED) is 0.460. The molecule has 0 radical (unpaired) electrons. The van der Waals surface area contributed by atoms with Gasteiger partial charge in [-0.05, 0) is 12.1 Å². The van der Waals surface area contributed by atoms with Crippen molar-refractivity contribution in [1.29, 1.82) is 0 Å². The molecule has 1 unspecified atom stereocenters. The van der Waals surface area contributed by atoms with Crippen LogP contribution in [-0.2, 0) is 4.74 Å². The van der Waals surface area contributed by atoms with Crippen LogP contribution in [0.2, 0.25) is 0 Å². The van der Waals surface area contributed by atoms with E-state index in [0.717, 1.165) is 18.9 Å². The van der Waals surface area contributed by atoms with Crippen molar-refractivity contribution in [1.82, 2.24) is 5.01 Å². The second-order valence-electron chi connectivity index (χ2n) is 2.93. The van der Waals surface area contributed by atoms with E-state index in [-0.39, 0.29) is 4.95 Å². The van der Waals surface area contributed by atoms with Crippen LogP contribution in [-0.4, -0.2) is 35.9 Å². The summed E-state index contributed by atoms with van der Waals surface area (Å²) in [5, 5.41) is 6.23. The van der Waals surface area contributed by atoms with Gasteiger partial charge >= 0.3 is 0 Å². The third-order valence-electron chi connectivity index (χ3n) is 1.92. The first-order chi connectivity index (χ1) is 6.86. The van der Waals surface area contributed by atoms with Crippen molar-refractivity contribution < 1.29 is 9.15 Å². The summed E-state index contributed by atoms with van der Waals surface area (Å²) in [6.07, 6.45) is 3.34. The van der Waals surface area contributed by atoms with Gasteiger partial charge in [0.25, 0.3) is 0 Å². The Hall–Kier alpha value is -0.810. The fraction of sp³-hybridized carbons (Fsp3) is 0.444. The van der Waals surface area contributed by atoms with Gasteiger partial charge in [-0.3, -0.25) is 5.01 Å². The molecule has 2 heterocycles. The number of ether oxygens (including phenoxy) is 1. The van der Waals surface area contributed by atoms with Crippen LogP contribution in [0.25, 0.3) is 0 Å². The van der Waals surface area contributed by atoms with Gasteiger partial charge in [0.2, 0.25) is 0 Å². The van der Waals surface area contributed by atoms with E-state index in [1.165, 1.54) is 0 Å². The first-order valence-electron chi connectivity index (χ1n) is 4.42. The number of hydrogen-bond donors (Lipinski definition) is 0. The summed E-state index contributed by atoms with van der Waals surface area (Å²) < 4.78 is 10.4.